The summed E-state index contributed by atoms with van der Waals surface area (Å²) in [6.07, 6.45) is 1.18. The molecule has 2 aromatic rings. The Balaban J connectivity index is 1.88. The van der Waals surface area contributed by atoms with Crippen LogP contribution in [0, 0.1) is 13.8 Å². The zero-order valence-electron chi connectivity index (χ0n) is 12.3. The van der Waals surface area contributed by atoms with Gasteiger partial charge in [0.25, 0.3) is 0 Å². The highest BCUT2D eigenvalue weighted by Crippen LogP contribution is 2.36. The van der Waals surface area contributed by atoms with Crippen LogP contribution in [0.1, 0.15) is 33.8 Å². The standard InChI is InChI=1S/C17H21NOS/c1-4-18-17(14-9-11(2)20-12(14)3)16-10-13-7-5-6-8-15(13)19-16/h5-9,16-18H,4,10H2,1-3H3. The summed E-state index contributed by atoms with van der Waals surface area (Å²) in [5.74, 6) is 1.05. The Morgan fingerprint density at radius 1 is 1.35 bits per heavy atom. The summed E-state index contributed by atoms with van der Waals surface area (Å²) < 4.78 is 6.18. The van der Waals surface area contributed by atoms with Gasteiger partial charge in [-0.2, -0.15) is 0 Å². The van der Waals surface area contributed by atoms with Crippen LogP contribution in [0.5, 0.6) is 5.75 Å². The number of likely N-dealkylation sites (N-methyl/N-ethyl adjacent to an activating group) is 1. The van der Waals surface area contributed by atoms with Crippen LogP contribution in [0.15, 0.2) is 30.3 Å². The number of hydrogen-bond donors (Lipinski definition) is 1. The molecular weight excluding hydrogens is 266 g/mol. The van der Waals surface area contributed by atoms with E-state index in [-0.39, 0.29) is 12.1 Å². The summed E-state index contributed by atoms with van der Waals surface area (Å²) in [4.78, 5) is 2.77. The van der Waals surface area contributed by atoms with Gasteiger partial charge in [0.05, 0.1) is 6.04 Å². The topological polar surface area (TPSA) is 21.3 Å². The van der Waals surface area contributed by atoms with Crippen molar-refractivity contribution in [2.24, 2.45) is 0 Å². The molecule has 106 valence electrons. The summed E-state index contributed by atoms with van der Waals surface area (Å²) in [5.41, 5.74) is 2.72. The summed E-state index contributed by atoms with van der Waals surface area (Å²) in [5, 5.41) is 3.61. The predicted molar refractivity (Wildman–Crippen MR) is 84.8 cm³/mol. The number of ether oxygens (including phenoxy) is 1. The van der Waals surface area contributed by atoms with E-state index in [0.717, 1.165) is 18.7 Å². The van der Waals surface area contributed by atoms with Crippen molar-refractivity contribution in [3.63, 3.8) is 0 Å². The van der Waals surface area contributed by atoms with Gasteiger partial charge >= 0.3 is 0 Å². The maximum absolute atomic E-state index is 6.18. The molecule has 1 aromatic carbocycles. The van der Waals surface area contributed by atoms with E-state index in [4.69, 9.17) is 4.74 Å². The second-order valence-corrected chi connectivity index (χ2v) is 6.83. The van der Waals surface area contributed by atoms with E-state index in [1.165, 1.54) is 20.9 Å². The van der Waals surface area contributed by atoms with Crippen molar-refractivity contribution in [1.82, 2.24) is 5.32 Å². The number of thiophene rings is 1. The minimum Gasteiger partial charge on any atom is -0.488 e. The van der Waals surface area contributed by atoms with Crippen molar-refractivity contribution < 1.29 is 4.74 Å². The fraction of sp³-hybridized carbons (Fsp3) is 0.412. The zero-order chi connectivity index (χ0) is 14.1. The van der Waals surface area contributed by atoms with E-state index in [1.54, 1.807) is 0 Å². The van der Waals surface area contributed by atoms with Crippen molar-refractivity contribution in [2.75, 3.05) is 6.54 Å². The second kappa shape index (κ2) is 5.58. The SMILES string of the molecule is CCNC(c1cc(C)sc1C)C1Cc2ccccc2O1. The van der Waals surface area contributed by atoms with Crippen molar-refractivity contribution in [1.29, 1.82) is 0 Å². The third-order valence-corrected chi connectivity index (χ3v) is 4.86. The van der Waals surface area contributed by atoms with Crippen LogP contribution in [0.4, 0.5) is 0 Å². The summed E-state index contributed by atoms with van der Waals surface area (Å²) in [7, 11) is 0. The molecule has 2 atom stereocenters. The van der Waals surface area contributed by atoms with Crippen molar-refractivity contribution in [3.8, 4) is 5.75 Å². The van der Waals surface area contributed by atoms with Gasteiger partial charge in [0.15, 0.2) is 0 Å². The van der Waals surface area contributed by atoms with Gasteiger partial charge in [0.1, 0.15) is 11.9 Å². The molecule has 0 spiro atoms. The molecule has 3 rings (SSSR count). The Labute approximate surface area is 124 Å². The predicted octanol–water partition coefficient (Wildman–Crippen LogP) is 4.02. The molecule has 1 aromatic heterocycles. The third kappa shape index (κ3) is 2.48. The molecule has 2 heterocycles. The molecule has 1 N–H and O–H groups in total. The molecule has 0 bridgehead atoms. The van der Waals surface area contributed by atoms with Crippen LogP contribution in [-0.4, -0.2) is 12.6 Å². The molecule has 2 nitrogen and oxygen atoms in total. The van der Waals surface area contributed by atoms with Crippen molar-refractivity contribution >= 4 is 11.3 Å². The molecule has 1 aliphatic heterocycles. The van der Waals surface area contributed by atoms with Gasteiger partial charge in [-0.05, 0) is 43.7 Å². The molecule has 1 aliphatic rings. The number of aryl methyl sites for hydroxylation is 2. The molecule has 0 saturated heterocycles. The number of benzene rings is 1. The van der Waals surface area contributed by atoms with E-state index in [1.807, 2.05) is 17.4 Å². The van der Waals surface area contributed by atoms with E-state index in [0.29, 0.717) is 0 Å². The fourth-order valence-electron chi connectivity index (χ4n) is 3.02. The number of hydrogen-bond acceptors (Lipinski definition) is 3. The Kier molecular flexibility index (Phi) is 3.81. The van der Waals surface area contributed by atoms with Crippen LogP contribution < -0.4 is 10.1 Å². The number of nitrogens with one attached hydrogen (secondary N) is 1. The van der Waals surface area contributed by atoms with Gasteiger partial charge in [-0.25, -0.2) is 0 Å². The van der Waals surface area contributed by atoms with Gasteiger partial charge in [0.2, 0.25) is 0 Å². The molecule has 0 amide bonds. The molecule has 3 heteroatoms. The van der Waals surface area contributed by atoms with Crippen molar-refractivity contribution in [3.05, 3.63) is 51.2 Å². The third-order valence-electron chi connectivity index (χ3n) is 3.88. The van der Waals surface area contributed by atoms with E-state index < -0.39 is 0 Å². The lowest BCUT2D eigenvalue weighted by Crippen LogP contribution is -2.35. The maximum Gasteiger partial charge on any atom is 0.123 e. The highest BCUT2D eigenvalue weighted by Gasteiger charge is 2.32. The van der Waals surface area contributed by atoms with Gasteiger partial charge in [-0.1, -0.05) is 25.1 Å². The monoisotopic (exact) mass is 287 g/mol. The molecular formula is C17H21NOS. The van der Waals surface area contributed by atoms with Crippen LogP contribution in [0.2, 0.25) is 0 Å². The first-order valence-electron chi connectivity index (χ1n) is 7.24. The molecule has 0 saturated carbocycles. The van der Waals surface area contributed by atoms with Crippen molar-refractivity contribution in [2.45, 2.75) is 39.3 Å². The van der Waals surface area contributed by atoms with Gasteiger partial charge in [-0.3, -0.25) is 0 Å². The maximum atomic E-state index is 6.18. The van der Waals surface area contributed by atoms with Crippen LogP contribution in [-0.2, 0) is 6.42 Å². The highest BCUT2D eigenvalue weighted by atomic mass is 32.1. The summed E-state index contributed by atoms with van der Waals surface area (Å²) in [6.45, 7) is 7.49. The van der Waals surface area contributed by atoms with Gasteiger partial charge < -0.3 is 10.1 Å². The Morgan fingerprint density at radius 2 is 2.15 bits per heavy atom. The van der Waals surface area contributed by atoms with E-state index in [2.05, 4.69) is 50.4 Å². The van der Waals surface area contributed by atoms with E-state index in [9.17, 15) is 0 Å². The first-order valence-corrected chi connectivity index (χ1v) is 8.05. The minimum absolute atomic E-state index is 0.194. The highest BCUT2D eigenvalue weighted by molar-refractivity contribution is 7.12. The summed E-state index contributed by atoms with van der Waals surface area (Å²) in [6, 6.07) is 11.0. The lowest BCUT2D eigenvalue weighted by molar-refractivity contribution is 0.179. The van der Waals surface area contributed by atoms with Gasteiger partial charge in [-0.15, -0.1) is 11.3 Å². The van der Waals surface area contributed by atoms with Crippen LogP contribution >= 0.6 is 11.3 Å². The average molecular weight is 287 g/mol. The first-order chi connectivity index (χ1) is 9.69. The largest absolute Gasteiger partial charge is 0.488 e. The first kappa shape index (κ1) is 13.7. The Hall–Kier alpha value is -1.32. The number of fused-ring (bicyclic) bond motifs is 1. The van der Waals surface area contributed by atoms with Crippen LogP contribution in [0.25, 0.3) is 0 Å². The zero-order valence-corrected chi connectivity index (χ0v) is 13.1. The quantitative estimate of drug-likeness (QED) is 0.917. The summed E-state index contributed by atoms with van der Waals surface area (Å²) >= 11 is 1.87. The molecule has 0 aliphatic carbocycles. The van der Waals surface area contributed by atoms with Gasteiger partial charge in [0, 0.05) is 16.2 Å². The molecule has 20 heavy (non-hydrogen) atoms. The van der Waals surface area contributed by atoms with Crippen LogP contribution in [0.3, 0.4) is 0 Å². The smallest absolute Gasteiger partial charge is 0.123 e. The lowest BCUT2D eigenvalue weighted by atomic mass is 9.98. The molecule has 0 radical (unpaired) electrons. The Bertz CT molecular complexity index is 580. The second-order valence-electron chi connectivity index (χ2n) is 5.37. The number of rotatable bonds is 4. The lowest BCUT2D eigenvalue weighted by Gasteiger charge is -2.24. The Morgan fingerprint density at radius 3 is 2.80 bits per heavy atom. The number of para-hydroxylation sites is 1. The normalized spacial score (nSPS) is 18.6. The molecule has 0 fully saturated rings. The minimum atomic E-state index is 0.194. The van der Waals surface area contributed by atoms with E-state index >= 15 is 0 Å². The average Bonchev–Trinajstić information content (AvgIpc) is 2.99. The molecule has 2 unspecified atom stereocenters. The fourth-order valence-corrected chi connectivity index (χ4v) is 3.99.